The number of urea groups is 1. The highest BCUT2D eigenvalue weighted by Gasteiger charge is 2.63. The van der Waals surface area contributed by atoms with Gasteiger partial charge in [-0.05, 0) is 61.6 Å². The highest BCUT2D eigenvalue weighted by molar-refractivity contribution is 6.30. The molecule has 3 saturated carbocycles. The summed E-state index contributed by atoms with van der Waals surface area (Å²) in [4.78, 5) is 26.0. The zero-order valence-electron chi connectivity index (χ0n) is 16.8. The van der Waals surface area contributed by atoms with Gasteiger partial charge in [-0.2, -0.15) is 13.2 Å². The van der Waals surface area contributed by atoms with Crippen molar-refractivity contribution >= 4 is 23.5 Å². The summed E-state index contributed by atoms with van der Waals surface area (Å²) in [5.74, 6) is -0.879. The third-order valence-corrected chi connectivity index (χ3v) is 7.68. The average molecular weight is 462 g/mol. The van der Waals surface area contributed by atoms with E-state index in [2.05, 4.69) is 10.6 Å². The third kappa shape index (κ3) is 3.97. The molecular weight excluding hydrogens is 438 g/mol. The van der Waals surface area contributed by atoms with E-state index in [4.69, 9.17) is 11.6 Å². The number of nitrogens with one attached hydrogen (secondary N) is 2. The molecule has 0 unspecified atom stereocenters. The van der Waals surface area contributed by atoms with Gasteiger partial charge in [-0.1, -0.05) is 17.7 Å². The van der Waals surface area contributed by atoms with Crippen molar-refractivity contribution in [3.05, 3.63) is 34.6 Å². The molecule has 4 fully saturated rings. The molecule has 1 atom stereocenters. The second kappa shape index (κ2) is 7.83. The Balaban J connectivity index is 1.63. The number of nitrogens with zero attached hydrogens (tertiary/aromatic N) is 1. The van der Waals surface area contributed by atoms with E-state index in [1.807, 2.05) is 0 Å². The molecule has 10 heteroatoms. The average Bonchev–Trinajstić information content (AvgIpc) is 2.74. The second-order valence-electron chi connectivity index (χ2n) is 8.97. The lowest BCUT2D eigenvalue weighted by molar-refractivity contribution is -0.262. The van der Waals surface area contributed by atoms with Crippen molar-refractivity contribution < 1.29 is 27.2 Å². The maximum atomic E-state index is 13.8. The number of hydrogen-bond acceptors (Lipinski definition) is 2. The van der Waals surface area contributed by atoms with E-state index in [-0.39, 0.29) is 36.7 Å². The molecule has 170 valence electrons. The molecule has 3 aliphatic carbocycles. The predicted molar refractivity (Wildman–Crippen MR) is 106 cm³/mol. The Kier molecular flexibility index (Phi) is 5.60. The molecule has 4 aliphatic rings. The van der Waals surface area contributed by atoms with Crippen LogP contribution < -0.4 is 10.6 Å². The Hall–Kier alpha value is -2.03. The molecule has 1 aromatic rings. The van der Waals surface area contributed by atoms with E-state index in [0.717, 1.165) is 0 Å². The summed E-state index contributed by atoms with van der Waals surface area (Å²) >= 11 is 5.98. The fourth-order valence-corrected chi connectivity index (χ4v) is 5.57. The monoisotopic (exact) mass is 461 g/mol. The fraction of sp³-hybridized carbons (Fsp3) is 0.619. The molecule has 5 nitrogen and oxygen atoms in total. The van der Waals surface area contributed by atoms with Crippen LogP contribution in [-0.2, 0) is 4.79 Å². The maximum absolute atomic E-state index is 13.8. The van der Waals surface area contributed by atoms with E-state index >= 15 is 0 Å². The molecule has 1 heterocycles. The van der Waals surface area contributed by atoms with Crippen LogP contribution in [0.3, 0.4) is 0 Å². The first-order valence-corrected chi connectivity index (χ1v) is 10.8. The minimum Gasteiger partial charge on any atom is -0.353 e. The number of alkyl halides is 3. The lowest BCUT2D eigenvalue weighted by atomic mass is 9.50. The molecule has 1 aromatic carbocycles. The van der Waals surface area contributed by atoms with Crippen LogP contribution in [0.15, 0.2) is 18.2 Å². The number of benzene rings is 1. The zero-order chi connectivity index (χ0) is 22.4. The lowest BCUT2D eigenvalue weighted by Crippen LogP contribution is -2.57. The first-order chi connectivity index (χ1) is 14.6. The number of halogens is 5. The van der Waals surface area contributed by atoms with Crippen molar-refractivity contribution in [2.45, 2.75) is 50.7 Å². The summed E-state index contributed by atoms with van der Waals surface area (Å²) < 4.78 is 54.8. The van der Waals surface area contributed by atoms with E-state index in [1.54, 1.807) is 0 Å². The summed E-state index contributed by atoms with van der Waals surface area (Å²) in [5.41, 5.74) is -1.68. The van der Waals surface area contributed by atoms with Gasteiger partial charge in [0.1, 0.15) is 12.4 Å². The van der Waals surface area contributed by atoms with Gasteiger partial charge in [0.25, 0.3) is 0 Å². The summed E-state index contributed by atoms with van der Waals surface area (Å²) in [7, 11) is 0. The van der Waals surface area contributed by atoms with E-state index in [0.29, 0.717) is 37.9 Å². The largest absolute Gasteiger partial charge is 0.394 e. The number of carbonyl (C=O) groups excluding carboxylic acids is 2. The standard InChI is InChI=1S/C21H24ClF4N3O2/c22-14-11-13(1-2-15(14)23)17(28-18(31)29-10-9-27-16(30)12-29)19-3-6-20(7-4-19,8-5-19)21(24,25)26/h1-2,11,17H,3-10,12H2,(H,27,30)(H,28,31)/t17-,19?,20?/m0/s1. The first-order valence-electron chi connectivity index (χ1n) is 10.4. The molecule has 0 radical (unpaired) electrons. The Morgan fingerprint density at radius 1 is 1.16 bits per heavy atom. The highest BCUT2D eigenvalue weighted by atomic mass is 35.5. The summed E-state index contributed by atoms with van der Waals surface area (Å²) in [6, 6.07) is 3.06. The lowest BCUT2D eigenvalue weighted by Gasteiger charge is -2.56. The molecule has 2 bridgehead atoms. The zero-order valence-corrected chi connectivity index (χ0v) is 17.6. The fourth-order valence-electron chi connectivity index (χ4n) is 5.38. The predicted octanol–water partition coefficient (Wildman–Crippen LogP) is 4.56. The van der Waals surface area contributed by atoms with Crippen molar-refractivity contribution in [3.63, 3.8) is 0 Å². The summed E-state index contributed by atoms with van der Waals surface area (Å²) in [6.07, 6.45) is -3.34. The van der Waals surface area contributed by atoms with Gasteiger partial charge in [-0.25, -0.2) is 9.18 Å². The number of fused-ring (bicyclic) bond motifs is 3. The molecule has 0 spiro atoms. The highest BCUT2D eigenvalue weighted by Crippen LogP contribution is 2.65. The van der Waals surface area contributed by atoms with Gasteiger partial charge in [0.05, 0.1) is 16.5 Å². The van der Waals surface area contributed by atoms with Gasteiger partial charge in [-0.3, -0.25) is 4.79 Å². The third-order valence-electron chi connectivity index (χ3n) is 7.39. The molecule has 31 heavy (non-hydrogen) atoms. The van der Waals surface area contributed by atoms with Crippen LogP contribution in [0, 0.1) is 16.6 Å². The molecule has 1 saturated heterocycles. The van der Waals surface area contributed by atoms with Crippen molar-refractivity contribution in [2.24, 2.45) is 10.8 Å². The number of amides is 3. The van der Waals surface area contributed by atoms with Gasteiger partial charge in [0.2, 0.25) is 5.91 Å². The smallest absolute Gasteiger partial charge is 0.353 e. The molecular formula is C21H24ClF4N3O2. The van der Waals surface area contributed by atoms with Crippen LogP contribution in [0.4, 0.5) is 22.4 Å². The Bertz CT molecular complexity index is 867. The van der Waals surface area contributed by atoms with Crippen LogP contribution in [-0.4, -0.2) is 42.6 Å². The summed E-state index contributed by atoms with van der Waals surface area (Å²) in [6.45, 7) is 0.574. The second-order valence-corrected chi connectivity index (χ2v) is 9.38. The molecule has 3 amide bonds. The van der Waals surface area contributed by atoms with Gasteiger partial charge >= 0.3 is 12.2 Å². The van der Waals surface area contributed by atoms with Crippen LogP contribution >= 0.6 is 11.6 Å². The van der Waals surface area contributed by atoms with Crippen molar-refractivity contribution in [2.75, 3.05) is 19.6 Å². The van der Waals surface area contributed by atoms with Crippen LogP contribution in [0.25, 0.3) is 0 Å². The Morgan fingerprint density at radius 2 is 1.81 bits per heavy atom. The van der Waals surface area contributed by atoms with E-state index in [1.165, 1.54) is 23.1 Å². The van der Waals surface area contributed by atoms with Crippen LogP contribution in [0.5, 0.6) is 0 Å². The molecule has 1 aliphatic heterocycles. The first kappa shape index (κ1) is 22.2. The van der Waals surface area contributed by atoms with Gasteiger partial charge < -0.3 is 15.5 Å². The SMILES string of the molecule is O=C1CN(C(=O)N[C@@H](c2ccc(F)c(Cl)c2)C23CCC(C(F)(F)F)(CC2)CC3)CCN1. The molecule has 2 N–H and O–H groups in total. The number of hydrogen-bond donors (Lipinski definition) is 2. The number of carbonyl (C=O) groups is 2. The minimum atomic E-state index is -4.25. The maximum Gasteiger partial charge on any atom is 0.394 e. The molecule has 0 aromatic heterocycles. The van der Waals surface area contributed by atoms with Gasteiger partial charge in [0, 0.05) is 13.1 Å². The molecule has 5 rings (SSSR count). The van der Waals surface area contributed by atoms with E-state index in [9.17, 15) is 27.2 Å². The van der Waals surface area contributed by atoms with Gasteiger partial charge in [0.15, 0.2) is 0 Å². The van der Waals surface area contributed by atoms with E-state index < -0.39 is 34.9 Å². The van der Waals surface area contributed by atoms with Gasteiger partial charge in [-0.15, -0.1) is 0 Å². The summed E-state index contributed by atoms with van der Waals surface area (Å²) in [5, 5.41) is 5.49. The Labute approximate surface area is 182 Å². The normalized spacial score (nSPS) is 29.5. The van der Waals surface area contributed by atoms with Crippen molar-refractivity contribution in [3.8, 4) is 0 Å². The Morgan fingerprint density at radius 3 is 2.35 bits per heavy atom. The van der Waals surface area contributed by atoms with Crippen LogP contribution in [0.2, 0.25) is 5.02 Å². The van der Waals surface area contributed by atoms with Crippen molar-refractivity contribution in [1.29, 1.82) is 0 Å². The number of piperazine rings is 1. The quantitative estimate of drug-likeness (QED) is 0.648. The minimum absolute atomic E-state index is 0.00389. The van der Waals surface area contributed by atoms with Crippen LogP contribution in [0.1, 0.15) is 50.1 Å². The van der Waals surface area contributed by atoms with Crippen molar-refractivity contribution in [1.82, 2.24) is 15.5 Å². The number of rotatable bonds is 3. The topological polar surface area (TPSA) is 61.4 Å².